The van der Waals surface area contributed by atoms with E-state index in [2.05, 4.69) is 32.6 Å². The highest BCUT2D eigenvalue weighted by atomic mass is 16.5. The van der Waals surface area contributed by atoms with Crippen molar-refractivity contribution in [3.8, 4) is 0 Å². The molecule has 2 heteroatoms. The summed E-state index contributed by atoms with van der Waals surface area (Å²) in [6.07, 6.45) is 8.96. The predicted octanol–water partition coefficient (Wildman–Crippen LogP) is 4.09. The van der Waals surface area contributed by atoms with Crippen LogP contribution < -0.4 is 0 Å². The van der Waals surface area contributed by atoms with Crippen molar-refractivity contribution in [3.05, 3.63) is 0 Å². The van der Waals surface area contributed by atoms with Gasteiger partial charge in [-0.05, 0) is 51.4 Å². The average molecular weight is 267 g/mol. The van der Waals surface area contributed by atoms with Crippen LogP contribution in [0.3, 0.4) is 0 Å². The maximum absolute atomic E-state index is 6.41. The van der Waals surface area contributed by atoms with Gasteiger partial charge in [-0.1, -0.05) is 26.7 Å². The van der Waals surface area contributed by atoms with Crippen molar-refractivity contribution in [2.24, 2.45) is 11.8 Å². The van der Waals surface area contributed by atoms with Gasteiger partial charge in [0.1, 0.15) is 0 Å². The molecule has 2 atom stereocenters. The Kier molecular flexibility index (Phi) is 5.70. The topological polar surface area (TPSA) is 12.5 Å². The highest BCUT2D eigenvalue weighted by molar-refractivity contribution is 4.79. The van der Waals surface area contributed by atoms with Gasteiger partial charge in [0.05, 0.1) is 12.2 Å². The summed E-state index contributed by atoms with van der Waals surface area (Å²) in [5.74, 6) is 1.73. The largest absolute Gasteiger partial charge is 0.375 e. The van der Waals surface area contributed by atoms with Gasteiger partial charge in [0, 0.05) is 19.1 Å². The molecule has 0 aromatic heterocycles. The Balaban J connectivity index is 1.73. The molecule has 2 fully saturated rings. The molecule has 2 nitrogen and oxygen atoms in total. The Morgan fingerprint density at radius 1 is 0.895 bits per heavy atom. The van der Waals surface area contributed by atoms with Crippen molar-refractivity contribution in [1.29, 1.82) is 0 Å². The Labute approximate surface area is 119 Å². The Bertz CT molecular complexity index is 256. The van der Waals surface area contributed by atoms with Crippen LogP contribution in [0, 0.1) is 11.8 Å². The molecule has 0 amide bonds. The SMILES string of the molecule is CC(C)C1CCCC(OC2CCN(C(C)C)CC2)C1. The molecule has 1 aliphatic heterocycles. The maximum atomic E-state index is 6.41. The number of hydrogen-bond donors (Lipinski definition) is 0. The summed E-state index contributed by atoms with van der Waals surface area (Å²) in [4.78, 5) is 2.58. The van der Waals surface area contributed by atoms with E-state index in [9.17, 15) is 0 Å². The van der Waals surface area contributed by atoms with Crippen molar-refractivity contribution < 1.29 is 4.74 Å². The second-order valence-corrected chi connectivity index (χ2v) is 7.26. The van der Waals surface area contributed by atoms with Crippen LogP contribution in [0.5, 0.6) is 0 Å². The van der Waals surface area contributed by atoms with Gasteiger partial charge in [0.25, 0.3) is 0 Å². The molecule has 112 valence electrons. The van der Waals surface area contributed by atoms with Crippen LogP contribution in [0.4, 0.5) is 0 Å². The van der Waals surface area contributed by atoms with Crippen molar-refractivity contribution in [2.75, 3.05) is 13.1 Å². The molecule has 0 bridgehead atoms. The van der Waals surface area contributed by atoms with Crippen LogP contribution in [-0.2, 0) is 4.74 Å². The van der Waals surface area contributed by atoms with E-state index in [1.165, 1.54) is 51.6 Å². The average Bonchev–Trinajstić information content (AvgIpc) is 2.39. The van der Waals surface area contributed by atoms with E-state index in [-0.39, 0.29) is 0 Å². The maximum Gasteiger partial charge on any atom is 0.0603 e. The second-order valence-electron chi connectivity index (χ2n) is 7.26. The zero-order valence-electron chi connectivity index (χ0n) is 13.4. The Morgan fingerprint density at radius 3 is 2.16 bits per heavy atom. The fourth-order valence-corrected chi connectivity index (χ4v) is 3.71. The lowest BCUT2D eigenvalue weighted by Gasteiger charge is -2.38. The first kappa shape index (κ1) is 15.3. The van der Waals surface area contributed by atoms with E-state index in [1.54, 1.807) is 0 Å². The van der Waals surface area contributed by atoms with Crippen LogP contribution in [0.15, 0.2) is 0 Å². The molecule has 1 heterocycles. The van der Waals surface area contributed by atoms with Gasteiger partial charge < -0.3 is 9.64 Å². The quantitative estimate of drug-likeness (QED) is 0.760. The molecule has 0 spiro atoms. The molecule has 2 rings (SSSR count). The minimum absolute atomic E-state index is 0.533. The first-order valence-electron chi connectivity index (χ1n) is 8.45. The van der Waals surface area contributed by atoms with Crippen molar-refractivity contribution in [3.63, 3.8) is 0 Å². The van der Waals surface area contributed by atoms with Crippen molar-refractivity contribution in [1.82, 2.24) is 4.90 Å². The zero-order chi connectivity index (χ0) is 13.8. The highest BCUT2D eigenvalue weighted by Gasteiger charge is 2.28. The first-order chi connectivity index (χ1) is 9.06. The molecular formula is C17H33NO. The Hall–Kier alpha value is -0.0800. The van der Waals surface area contributed by atoms with Crippen molar-refractivity contribution in [2.45, 2.75) is 84.5 Å². The number of nitrogens with zero attached hydrogens (tertiary/aromatic N) is 1. The Morgan fingerprint density at radius 2 is 1.58 bits per heavy atom. The van der Waals surface area contributed by atoms with Gasteiger partial charge in [-0.15, -0.1) is 0 Å². The third kappa shape index (κ3) is 4.46. The number of piperidine rings is 1. The molecule has 19 heavy (non-hydrogen) atoms. The predicted molar refractivity (Wildman–Crippen MR) is 81.4 cm³/mol. The van der Waals surface area contributed by atoms with Crippen LogP contribution in [-0.4, -0.2) is 36.2 Å². The summed E-state index contributed by atoms with van der Waals surface area (Å²) in [6.45, 7) is 11.8. The summed E-state index contributed by atoms with van der Waals surface area (Å²) in [6, 6.07) is 0.695. The van der Waals surface area contributed by atoms with Gasteiger partial charge >= 0.3 is 0 Å². The fourth-order valence-electron chi connectivity index (χ4n) is 3.71. The number of ether oxygens (including phenoxy) is 1. The van der Waals surface area contributed by atoms with Gasteiger partial charge in [-0.2, -0.15) is 0 Å². The van der Waals surface area contributed by atoms with E-state index < -0.39 is 0 Å². The highest BCUT2D eigenvalue weighted by Crippen LogP contribution is 2.33. The van der Waals surface area contributed by atoms with Crippen molar-refractivity contribution >= 4 is 0 Å². The molecule has 0 aromatic rings. The number of hydrogen-bond acceptors (Lipinski definition) is 2. The number of rotatable bonds is 4. The normalized spacial score (nSPS) is 31.3. The molecule has 1 saturated heterocycles. The van der Waals surface area contributed by atoms with Gasteiger partial charge in [0.15, 0.2) is 0 Å². The van der Waals surface area contributed by atoms with Gasteiger partial charge in [-0.25, -0.2) is 0 Å². The van der Waals surface area contributed by atoms with E-state index in [1.807, 2.05) is 0 Å². The third-order valence-electron chi connectivity index (χ3n) is 5.20. The van der Waals surface area contributed by atoms with Crippen LogP contribution >= 0.6 is 0 Å². The van der Waals surface area contributed by atoms with E-state index in [4.69, 9.17) is 4.74 Å². The van der Waals surface area contributed by atoms with E-state index >= 15 is 0 Å². The molecule has 2 unspecified atom stereocenters. The van der Waals surface area contributed by atoms with Crippen LogP contribution in [0.2, 0.25) is 0 Å². The van der Waals surface area contributed by atoms with Crippen LogP contribution in [0.1, 0.15) is 66.2 Å². The molecule has 2 aliphatic rings. The first-order valence-corrected chi connectivity index (χ1v) is 8.45. The minimum Gasteiger partial charge on any atom is -0.375 e. The van der Waals surface area contributed by atoms with Crippen LogP contribution in [0.25, 0.3) is 0 Å². The monoisotopic (exact) mass is 267 g/mol. The standard InChI is InChI=1S/C17H33NO/c1-13(2)15-6-5-7-17(12-15)19-16-8-10-18(11-9-16)14(3)4/h13-17H,5-12H2,1-4H3. The van der Waals surface area contributed by atoms with Gasteiger partial charge in [0.2, 0.25) is 0 Å². The van der Waals surface area contributed by atoms with E-state index in [0.717, 1.165) is 11.8 Å². The lowest BCUT2D eigenvalue weighted by atomic mass is 9.80. The lowest BCUT2D eigenvalue weighted by Crippen LogP contribution is -2.42. The minimum atomic E-state index is 0.533. The number of likely N-dealkylation sites (tertiary alicyclic amines) is 1. The lowest BCUT2D eigenvalue weighted by molar-refractivity contribution is -0.0696. The summed E-state index contributed by atoms with van der Waals surface area (Å²) in [5, 5.41) is 0. The summed E-state index contributed by atoms with van der Waals surface area (Å²) < 4.78 is 6.41. The molecule has 1 aliphatic carbocycles. The molecule has 0 aromatic carbocycles. The fraction of sp³-hybridized carbons (Fsp3) is 1.00. The smallest absolute Gasteiger partial charge is 0.0603 e. The molecule has 0 radical (unpaired) electrons. The molecular weight excluding hydrogens is 234 g/mol. The van der Waals surface area contributed by atoms with E-state index in [0.29, 0.717) is 18.2 Å². The summed E-state index contributed by atoms with van der Waals surface area (Å²) in [7, 11) is 0. The second kappa shape index (κ2) is 7.08. The zero-order valence-corrected chi connectivity index (χ0v) is 13.4. The summed E-state index contributed by atoms with van der Waals surface area (Å²) in [5.41, 5.74) is 0. The van der Waals surface area contributed by atoms with Gasteiger partial charge in [-0.3, -0.25) is 0 Å². The molecule has 1 saturated carbocycles. The summed E-state index contributed by atoms with van der Waals surface area (Å²) >= 11 is 0. The molecule has 0 N–H and O–H groups in total. The third-order valence-corrected chi connectivity index (χ3v) is 5.20.